The van der Waals surface area contributed by atoms with Crippen molar-refractivity contribution in [2.24, 2.45) is 0 Å². The minimum Gasteiger partial charge on any atom is -0.375 e. The zero-order valence-electron chi connectivity index (χ0n) is 10.1. The normalized spacial score (nSPS) is 18.2. The average Bonchev–Trinajstić information content (AvgIpc) is 2.42. The van der Waals surface area contributed by atoms with Crippen molar-refractivity contribution in [2.75, 3.05) is 5.32 Å². The highest BCUT2D eigenvalue weighted by Crippen LogP contribution is 2.32. The van der Waals surface area contributed by atoms with E-state index in [4.69, 9.17) is 11.6 Å². The number of benzene rings is 1. The maximum atomic E-state index is 6.19. The van der Waals surface area contributed by atoms with Crippen molar-refractivity contribution in [3.05, 3.63) is 58.9 Å². The van der Waals surface area contributed by atoms with Gasteiger partial charge >= 0.3 is 0 Å². The van der Waals surface area contributed by atoms with Crippen LogP contribution in [0.3, 0.4) is 0 Å². The van der Waals surface area contributed by atoms with Crippen molar-refractivity contribution in [1.29, 1.82) is 0 Å². The number of anilines is 1. The molecule has 0 fully saturated rings. The van der Waals surface area contributed by atoms with E-state index in [1.54, 1.807) is 0 Å². The quantitative estimate of drug-likeness (QED) is 0.872. The Morgan fingerprint density at radius 2 is 2.06 bits per heavy atom. The van der Waals surface area contributed by atoms with Crippen LogP contribution in [0, 0.1) is 0 Å². The second-order valence-corrected chi connectivity index (χ2v) is 5.02. The molecule has 2 nitrogen and oxygen atoms in total. The molecule has 3 rings (SSSR count). The van der Waals surface area contributed by atoms with Gasteiger partial charge in [0.1, 0.15) is 0 Å². The van der Waals surface area contributed by atoms with Gasteiger partial charge in [-0.05, 0) is 43.0 Å². The number of fused-ring (bicyclic) bond motifs is 1. The third-order valence-electron chi connectivity index (χ3n) is 3.40. The third kappa shape index (κ3) is 2.21. The number of hydrogen-bond acceptors (Lipinski definition) is 2. The zero-order valence-corrected chi connectivity index (χ0v) is 10.8. The summed E-state index contributed by atoms with van der Waals surface area (Å²) in [6, 6.07) is 12.3. The van der Waals surface area contributed by atoms with Gasteiger partial charge in [0.25, 0.3) is 0 Å². The number of para-hydroxylation sites is 1. The number of nitrogens with zero attached hydrogens (tertiary/aromatic N) is 1. The summed E-state index contributed by atoms with van der Waals surface area (Å²) in [6.07, 6.45) is 5.30. The summed E-state index contributed by atoms with van der Waals surface area (Å²) in [5, 5.41) is 4.28. The van der Waals surface area contributed by atoms with Crippen LogP contribution in [0.15, 0.2) is 42.6 Å². The van der Waals surface area contributed by atoms with Gasteiger partial charge in [0, 0.05) is 6.20 Å². The molecule has 1 aromatic carbocycles. The van der Waals surface area contributed by atoms with Crippen molar-refractivity contribution in [2.45, 2.75) is 25.3 Å². The van der Waals surface area contributed by atoms with Gasteiger partial charge in [-0.1, -0.05) is 29.8 Å². The molecule has 1 aliphatic rings. The second-order valence-electron chi connectivity index (χ2n) is 4.62. The van der Waals surface area contributed by atoms with Crippen LogP contribution < -0.4 is 5.32 Å². The first kappa shape index (κ1) is 11.5. The van der Waals surface area contributed by atoms with Gasteiger partial charge in [0.15, 0.2) is 0 Å². The van der Waals surface area contributed by atoms with Crippen LogP contribution in [-0.2, 0) is 6.42 Å². The highest BCUT2D eigenvalue weighted by Gasteiger charge is 2.21. The molecule has 0 spiro atoms. The Kier molecular flexibility index (Phi) is 3.20. The molecule has 3 heteroatoms. The number of halogens is 1. The van der Waals surface area contributed by atoms with E-state index in [9.17, 15) is 0 Å². The minimum atomic E-state index is 0.273. The molecule has 0 amide bonds. The van der Waals surface area contributed by atoms with Gasteiger partial charge < -0.3 is 5.32 Å². The van der Waals surface area contributed by atoms with Crippen molar-refractivity contribution in [1.82, 2.24) is 4.98 Å². The number of pyridine rings is 1. The SMILES string of the molecule is Clc1ccccc1NC1CCCc2cccnc21. The Bertz CT molecular complexity index is 554. The van der Waals surface area contributed by atoms with Crippen LogP contribution >= 0.6 is 11.6 Å². The lowest BCUT2D eigenvalue weighted by Crippen LogP contribution is -2.18. The largest absolute Gasteiger partial charge is 0.375 e. The van der Waals surface area contributed by atoms with E-state index in [-0.39, 0.29) is 6.04 Å². The Hall–Kier alpha value is -1.54. The molecule has 1 unspecified atom stereocenters. The average molecular weight is 259 g/mol. The lowest BCUT2D eigenvalue weighted by Gasteiger charge is -2.26. The van der Waals surface area contributed by atoms with E-state index in [0.29, 0.717) is 0 Å². The summed E-state index contributed by atoms with van der Waals surface area (Å²) in [5.74, 6) is 0. The monoisotopic (exact) mass is 258 g/mol. The molecule has 2 aromatic rings. The summed E-state index contributed by atoms with van der Waals surface area (Å²) in [5.41, 5.74) is 3.51. The molecule has 0 saturated heterocycles. The van der Waals surface area contributed by atoms with Crippen LogP contribution in [0.5, 0.6) is 0 Å². The first-order valence-corrected chi connectivity index (χ1v) is 6.67. The van der Waals surface area contributed by atoms with Crippen molar-refractivity contribution >= 4 is 17.3 Å². The molecular formula is C15H15ClN2. The van der Waals surface area contributed by atoms with E-state index in [2.05, 4.69) is 16.4 Å². The second kappa shape index (κ2) is 4.99. The Morgan fingerprint density at radius 1 is 1.17 bits per heavy atom. The number of aryl methyl sites for hydroxylation is 1. The molecule has 0 aliphatic heterocycles. The van der Waals surface area contributed by atoms with Gasteiger partial charge in [-0.3, -0.25) is 4.98 Å². The molecule has 1 aromatic heterocycles. The third-order valence-corrected chi connectivity index (χ3v) is 3.73. The Labute approximate surface area is 112 Å². The van der Waals surface area contributed by atoms with Gasteiger partial charge in [0.05, 0.1) is 22.4 Å². The van der Waals surface area contributed by atoms with E-state index in [1.165, 1.54) is 17.7 Å². The summed E-state index contributed by atoms with van der Waals surface area (Å²) >= 11 is 6.19. The standard InChI is InChI=1S/C15H15ClN2/c16-12-7-1-2-8-13(12)18-14-9-3-5-11-6-4-10-17-15(11)14/h1-2,4,6-8,10,14,18H,3,5,9H2. The lowest BCUT2D eigenvalue weighted by molar-refractivity contribution is 0.583. The predicted molar refractivity (Wildman–Crippen MR) is 75.0 cm³/mol. The molecule has 1 N–H and O–H groups in total. The summed E-state index contributed by atoms with van der Waals surface area (Å²) < 4.78 is 0. The summed E-state index contributed by atoms with van der Waals surface area (Å²) in [6.45, 7) is 0. The molecule has 92 valence electrons. The molecule has 1 heterocycles. The molecule has 1 atom stereocenters. The highest BCUT2D eigenvalue weighted by molar-refractivity contribution is 6.33. The summed E-state index contributed by atoms with van der Waals surface area (Å²) in [7, 11) is 0. The fourth-order valence-corrected chi connectivity index (χ4v) is 2.71. The van der Waals surface area contributed by atoms with Gasteiger partial charge in [-0.15, -0.1) is 0 Å². The number of aromatic nitrogens is 1. The summed E-state index contributed by atoms with van der Waals surface area (Å²) in [4.78, 5) is 4.52. The maximum Gasteiger partial charge on any atom is 0.0688 e. The smallest absolute Gasteiger partial charge is 0.0688 e. The number of nitrogens with one attached hydrogen (secondary N) is 1. The van der Waals surface area contributed by atoms with Gasteiger partial charge in [0.2, 0.25) is 0 Å². The van der Waals surface area contributed by atoms with E-state index in [0.717, 1.165) is 23.6 Å². The number of rotatable bonds is 2. The van der Waals surface area contributed by atoms with Crippen LogP contribution in [0.4, 0.5) is 5.69 Å². The minimum absolute atomic E-state index is 0.273. The molecule has 0 saturated carbocycles. The van der Waals surface area contributed by atoms with Crippen LogP contribution in [0.1, 0.15) is 30.1 Å². The fraction of sp³-hybridized carbons (Fsp3) is 0.267. The van der Waals surface area contributed by atoms with Gasteiger partial charge in [-0.25, -0.2) is 0 Å². The highest BCUT2D eigenvalue weighted by atomic mass is 35.5. The van der Waals surface area contributed by atoms with E-state index < -0.39 is 0 Å². The maximum absolute atomic E-state index is 6.19. The first-order chi connectivity index (χ1) is 8.84. The van der Waals surface area contributed by atoms with Gasteiger partial charge in [-0.2, -0.15) is 0 Å². The molecular weight excluding hydrogens is 244 g/mol. The molecule has 0 bridgehead atoms. The molecule has 0 radical (unpaired) electrons. The predicted octanol–water partition coefficient (Wildman–Crippen LogP) is 4.22. The number of hydrogen-bond donors (Lipinski definition) is 1. The van der Waals surface area contributed by atoms with Crippen LogP contribution in [-0.4, -0.2) is 4.98 Å². The first-order valence-electron chi connectivity index (χ1n) is 6.29. The molecule has 18 heavy (non-hydrogen) atoms. The van der Waals surface area contributed by atoms with E-state index >= 15 is 0 Å². The van der Waals surface area contributed by atoms with Crippen molar-refractivity contribution in [3.8, 4) is 0 Å². The Balaban J connectivity index is 1.89. The van der Waals surface area contributed by atoms with Crippen molar-refractivity contribution in [3.63, 3.8) is 0 Å². The Morgan fingerprint density at radius 3 is 2.94 bits per heavy atom. The van der Waals surface area contributed by atoms with Crippen LogP contribution in [0.25, 0.3) is 0 Å². The zero-order chi connectivity index (χ0) is 12.4. The molecule has 1 aliphatic carbocycles. The van der Waals surface area contributed by atoms with Crippen molar-refractivity contribution < 1.29 is 0 Å². The van der Waals surface area contributed by atoms with Crippen LogP contribution in [0.2, 0.25) is 5.02 Å². The fourth-order valence-electron chi connectivity index (χ4n) is 2.52. The topological polar surface area (TPSA) is 24.9 Å². The van der Waals surface area contributed by atoms with E-state index in [1.807, 2.05) is 36.5 Å². The lowest BCUT2D eigenvalue weighted by atomic mass is 9.92.